The molecule has 2 aromatic carbocycles. The van der Waals surface area contributed by atoms with Crippen LogP contribution in [0.5, 0.6) is 0 Å². The highest BCUT2D eigenvalue weighted by Crippen LogP contribution is 2.26. The zero-order valence-corrected chi connectivity index (χ0v) is 16.1. The van der Waals surface area contributed by atoms with Crippen molar-refractivity contribution < 1.29 is 19.1 Å². The molecule has 0 fully saturated rings. The predicted molar refractivity (Wildman–Crippen MR) is 109 cm³/mol. The molecule has 6 heteroatoms. The van der Waals surface area contributed by atoms with Gasteiger partial charge in [-0.1, -0.05) is 18.2 Å². The molecule has 0 spiro atoms. The molecule has 0 aliphatic carbocycles. The molecule has 0 amide bonds. The van der Waals surface area contributed by atoms with E-state index in [1.54, 1.807) is 13.8 Å². The number of rotatable bonds is 6. The van der Waals surface area contributed by atoms with E-state index in [-0.39, 0.29) is 18.9 Å². The Morgan fingerprint density at radius 2 is 1.75 bits per heavy atom. The summed E-state index contributed by atoms with van der Waals surface area (Å²) in [5, 5.41) is 5.06. The smallest absolute Gasteiger partial charge is 0.355 e. The van der Waals surface area contributed by atoms with Crippen molar-refractivity contribution in [2.45, 2.75) is 20.8 Å². The summed E-state index contributed by atoms with van der Waals surface area (Å²) in [5.74, 6) is -1.23. The van der Waals surface area contributed by atoms with Gasteiger partial charge in [0.05, 0.1) is 30.3 Å². The Hall–Kier alpha value is -3.41. The van der Waals surface area contributed by atoms with Crippen LogP contribution in [0.25, 0.3) is 21.8 Å². The molecule has 0 unspecified atom stereocenters. The number of anilines is 1. The molecule has 28 heavy (non-hydrogen) atoms. The van der Waals surface area contributed by atoms with Crippen molar-refractivity contribution in [1.29, 1.82) is 0 Å². The van der Waals surface area contributed by atoms with Crippen LogP contribution in [0, 0.1) is 6.92 Å². The highest BCUT2D eigenvalue weighted by Gasteiger charge is 2.15. The van der Waals surface area contributed by atoms with Crippen molar-refractivity contribution in [2.24, 2.45) is 0 Å². The zero-order valence-electron chi connectivity index (χ0n) is 16.1. The first kappa shape index (κ1) is 19.4. The normalized spacial score (nSPS) is 11.5. The van der Waals surface area contributed by atoms with Crippen LogP contribution in [0.4, 0.5) is 5.69 Å². The first-order valence-corrected chi connectivity index (χ1v) is 9.14. The highest BCUT2D eigenvalue weighted by atomic mass is 16.5. The van der Waals surface area contributed by atoms with Gasteiger partial charge in [-0.15, -0.1) is 0 Å². The van der Waals surface area contributed by atoms with E-state index in [0.717, 1.165) is 33.4 Å². The maximum atomic E-state index is 12.3. The fraction of sp³-hybridized carbons (Fsp3) is 0.227. The van der Waals surface area contributed by atoms with Gasteiger partial charge in [0.25, 0.3) is 0 Å². The van der Waals surface area contributed by atoms with Crippen molar-refractivity contribution in [3.05, 3.63) is 59.8 Å². The van der Waals surface area contributed by atoms with E-state index in [1.165, 1.54) is 0 Å². The van der Waals surface area contributed by atoms with Gasteiger partial charge < -0.3 is 14.8 Å². The van der Waals surface area contributed by atoms with Crippen molar-refractivity contribution in [3.8, 4) is 0 Å². The van der Waals surface area contributed by atoms with E-state index in [2.05, 4.69) is 11.4 Å². The van der Waals surface area contributed by atoms with E-state index in [9.17, 15) is 9.59 Å². The molecule has 0 atom stereocenters. The van der Waals surface area contributed by atoms with Crippen LogP contribution in [-0.2, 0) is 19.1 Å². The standard InChI is InChI=1S/C22H22N2O4/c1-4-27-21(25)13-20(22(26)28-5-2)24-18-12-19-16(10-14(18)3)11-15-8-6-7-9-17(15)23-19/h6-13,24H,4-5H2,1-3H3. The molecule has 1 heterocycles. The second kappa shape index (κ2) is 8.52. The summed E-state index contributed by atoms with van der Waals surface area (Å²) < 4.78 is 9.96. The minimum atomic E-state index is -0.624. The van der Waals surface area contributed by atoms with Crippen LogP contribution >= 0.6 is 0 Å². The largest absolute Gasteiger partial charge is 0.463 e. The monoisotopic (exact) mass is 378 g/mol. The van der Waals surface area contributed by atoms with Gasteiger partial charge in [0.15, 0.2) is 0 Å². The maximum absolute atomic E-state index is 12.3. The quantitative estimate of drug-likeness (QED) is 0.395. The van der Waals surface area contributed by atoms with Gasteiger partial charge in [-0.25, -0.2) is 14.6 Å². The third kappa shape index (κ3) is 4.28. The topological polar surface area (TPSA) is 77.5 Å². The molecule has 0 aliphatic rings. The van der Waals surface area contributed by atoms with Gasteiger partial charge in [-0.3, -0.25) is 0 Å². The second-order valence-electron chi connectivity index (χ2n) is 6.20. The molecular formula is C22H22N2O4. The van der Waals surface area contributed by atoms with Crippen molar-refractivity contribution >= 4 is 39.4 Å². The first-order valence-electron chi connectivity index (χ1n) is 9.14. The Morgan fingerprint density at radius 3 is 2.50 bits per heavy atom. The minimum absolute atomic E-state index is 0.0172. The summed E-state index contributed by atoms with van der Waals surface area (Å²) in [6.07, 6.45) is 1.11. The van der Waals surface area contributed by atoms with Crippen LogP contribution in [0.3, 0.4) is 0 Å². The fourth-order valence-corrected chi connectivity index (χ4v) is 2.88. The van der Waals surface area contributed by atoms with E-state index in [1.807, 2.05) is 43.3 Å². The Balaban J connectivity index is 2.01. The number of hydrogen-bond donors (Lipinski definition) is 1. The third-order valence-corrected chi connectivity index (χ3v) is 4.18. The molecule has 0 aliphatic heterocycles. The number of ether oxygens (including phenoxy) is 2. The van der Waals surface area contributed by atoms with Crippen LogP contribution in [0.15, 0.2) is 54.2 Å². The summed E-state index contributed by atoms with van der Waals surface area (Å²) in [4.78, 5) is 28.8. The number of benzene rings is 2. The van der Waals surface area contributed by atoms with Gasteiger partial charge in [0, 0.05) is 16.5 Å². The minimum Gasteiger partial charge on any atom is -0.463 e. The average Bonchev–Trinajstić information content (AvgIpc) is 2.67. The van der Waals surface area contributed by atoms with Gasteiger partial charge in [0.2, 0.25) is 0 Å². The number of nitrogens with one attached hydrogen (secondary N) is 1. The van der Waals surface area contributed by atoms with Gasteiger partial charge in [0.1, 0.15) is 5.70 Å². The fourth-order valence-electron chi connectivity index (χ4n) is 2.88. The number of aromatic nitrogens is 1. The number of aryl methyl sites for hydroxylation is 1. The summed E-state index contributed by atoms with van der Waals surface area (Å²) in [6, 6.07) is 13.8. The van der Waals surface area contributed by atoms with Crippen LogP contribution < -0.4 is 5.32 Å². The average molecular weight is 378 g/mol. The van der Waals surface area contributed by atoms with Gasteiger partial charge in [-0.2, -0.15) is 0 Å². The molecular weight excluding hydrogens is 356 g/mol. The van der Waals surface area contributed by atoms with Gasteiger partial charge >= 0.3 is 11.9 Å². The molecule has 1 N–H and O–H groups in total. The summed E-state index contributed by atoms with van der Waals surface area (Å²) in [5.41, 5.74) is 3.26. The molecule has 0 radical (unpaired) electrons. The van der Waals surface area contributed by atoms with Crippen molar-refractivity contribution in [1.82, 2.24) is 4.98 Å². The lowest BCUT2D eigenvalue weighted by atomic mass is 10.1. The molecule has 144 valence electrons. The Labute approximate surface area is 163 Å². The van der Waals surface area contributed by atoms with Crippen molar-refractivity contribution in [3.63, 3.8) is 0 Å². The number of pyridine rings is 1. The van der Waals surface area contributed by atoms with E-state index >= 15 is 0 Å². The Bertz CT molecular complexity index is 1070. The molecule has 0 saturated carbocycles. The number of nitrogens with zero attached hydrogens (tertiary/aromatic N) is 1. The van der Waals surface area contributed by atoms with Gasteiger partial charge in [-0.05, 0) is 50.6 Å². The number of hydrogen-bond acceptors (Lipinski definition) is 6. The predicted octanol–water partition coefficient (Wildman–Crippen LogP) is 4.12. The second-order valence-corrected chi connectivity index (χ2v) is 6.20. The SMILES string of the molecule is CCOC(=O)C=C(Nc1cc2nc3ccccc3cc2cc1C)C(=O)OCC. The first-order chi connectivity index (χ1) is 13.5. The van der Waals surface area contributed by atoms with E-state index in [4.69, 9.17) is 14.5 Å². The molecule has 0 saturated heterocycles. The zero-order chi connectivity index (χ0) is 20.1. The Kier molecular flexibility index (Phi) is 5.89. The summed E-state index contributed by atoms with van der Waals surface area (Å²) >= 11 is 0. The number of carbonyl (C=O) groups excluding carboxylic acids is 2. The number of para-hydroxylation sites is 1. The molecule has 1 aromatic heterocycles. The number of carbonyl (C=O) groups is 2. The molecule has 6 nitrogen and oxygen atoms in total. The maximum Gasteiger partial charge on any atom is 0.355 e. The van der Waals surface area contributed by atoms with E-state index < -0.39 is 11.9 Å². The lowest BCUT2D eigenvalue weighted by molar-refractivity contribution is -0.140. The van der Waals surface area contributed by atoms with E-state index in [0.29, 0.717) is 5.69 Å². The lowest BCUT2D eigenvalue weighted by Gasteiger charge is -2.13. The van der Waals surface area contributed by atoms with Crippen LogP contribution in [0.1, 0.15) is 19.4 Å². The summed E-state index contributed by atoms with van der Waals surface area (Å²) in [7, 11) is 0. The van der Waals surface area contributed by atoms with Crippen LogP contribution in [0.2, 0.25) is 0 Å². The Morgan fingerprint density at radius 1 is 1.00 bits per heavy atom. The molecule has 3 aromatic rings. The van der Waals surface area contributed by atoms with Crippen LogP contribution in [-0.4, -0.2) is 30.1 Å². The third-order valence-electron chi connectivity index (χ3n) is 4.18. The van der Waals surface area contributed by atoms with Crippen molar-refractivity contribution in [2.75, 3.05) is 18.5 Å². The molecule has 0 bridgehead atoms. The molecule has 3 rings (SSSR count). The number of esters is 2. The highest BCUT2D eigenvalue weighted by molar-refractivity contribution is 6.00. The summed E-state index contributed by atoms with van der Waals surface area (Å²) in [6.45, 7) is 5.75. The lowest BCUT2D eigenvalue weighted by Crippen LogP contribution is -2.17. The number of fused-ring (bicyclic) bond motifs is 2.